The fraction of sp³-hybridized carbons (Fsp3) is 0.288. The van der Waals surface area contributed by atoms with Gasteiger partial charge in [0.2, 0.25) is 5.91 Å². The highest BCUT2D eigenvalue weighted by Crippen LogP contribution is 2.47. The number of imide groups is 1. The largest absolute Gasteiger partial charge is 0.497 e. The van der Waals surface area contributed by atoms with E-state index in [1.54, 1.807) is 53.6 Å². The normalized spacial score (nSPS) is 18.8. The highest BCUT2D eigenvalue weighted by atomic mass is 127. The van der Waals surface area contributed by atoms with Crippen LogP contribution < -0.4 is 29.0 Å². The zero-order chi connectivity index (χ0) is 48.2. The van der Waals surface area contributed by atoms with Crippen molar-refractivity contribution < 1.29 is 47.7 Å². The van der Waals surface area contributed by atoms with Gasteiger partial charge >= 0.3 is 0 Å². The molecule has 5 aliphatic heterocycles. The number of amides is 5. The molecular weight excluding hydrogens is 996 g/mol. The molecule has 5 amide bonds. The topological polar surface area (TPSA) is 178 Å². The fourth-order valence-electron chi connectivity index (χ4n) is 8.75. The van der Waals surface area contributed by atoms with Crippen LogP contribution in [0, 0.1) is 0 Å². The first-order valence-electron chi connectivity index (χ1n) is 22.6. The lowest BCUT2D eigenvalue weighted by Gasteiger charge is -2.27. The molecule has 1 unspecified atom stereocenters. The van der Waals surface area contributed by atoms with Crippen LogP contribution >= 0.6 is 22.6 Å². The molecule has 0 aliphatic carbocycles. The Morgan fingerprint density at radius 3 is 1.99 bits per heavy atom. The second-order valence-corrected chi connectivity index (χ2v) is 18.8. The third-order valence-electron chi connectivity index (χ3n) is 12.5. The number of ether oxygens (including phenoxy) is 5. The maximum Gasteiger partial charge on any atom is 0.261 e. The third-order valence-corrected chi connectivity index (χ3v) is 13.6. The van der Waals surface area contributed by atoms with E-state index in [9.17, 15) is 24.0 Å². The van der Waals surface area contributed by atoms with Gasteiger partial charge in [-0.1, -0.05) is 30.7 Å². The van der Waals surface area contributed by atoms with Crippen LogP contribution in [0.3, 0.4) is 0 Å². The number of anilines is 1. The van der Waals surface area contributed by atoms with Crippen molar-refractivity contribution in [2.45, 2.75) is 54.5 Å². The molecule has 0 aromatic heterocycles. The predicted molar refractivity (Wildman–Crippen MR) is 268 cm³/mol. The van der Waals surface area contributed by atoms with Crippen LogP contribution in [0.4, 0.5) is 17.1 Å². The van der Waals surface area contributed by atoms with E-state index in [0.29, 0.717) is 103 Å². The van der Waals surface area contributed by atoms with E-state index in [1.807, 2.05) is 60.9 Å². The summed E-state index contributed by atoms with van der Waals surface area (Å²) >= 11 is 2.26. The van der Waals surface area contributed by atoms with Crippen LogP contribution in [0.25, 0.3) is 11.1 Å². The molecule has 4 aromatic carbocycles. The van der Waals surface area contributed by atoms with Gasteiger partial charge in [-0.15, -0.1) is 0 Å². The molecule has 2 atom stereocenters. The number of benzene rings is 4. The van der Waals surface area contributed by atoms with Gasteiger partial charge in [0.05, 0.1) is 63.1 Å². The lowest BCUT2D eigenvalue weighted by atomic mass is 10.0. The summed E-state index contributed by atoms with van der Waals surface area (Å²) in [7, 11) is 4.68. The van der Waals surface area contributed by atoms with Crippen molar-refractivity contribution in [3.8, 4) is 28.7 Å². The second kappa shape index (κ2) is 20.1. The minimum Gasteiger partial charge on any atom is -0.497 e. The third kappa shape index (κ3) is 9.86. The summed E-state index contributed by atoms with van der Waals surface area (Å²) in [5.41, 5.74) is 6.29. The molecule has 0 saturated carbocycles. The number of aliphatic imine (C=N–C) groups is 2. The standard InChI is InChI=1S/C52H49IN6O10/c1-65-38-15-11-32(12-16-38)34-22-37-28-54-41-25-45(43(66-2)23-39(41)50(63)58(37)29-34)68-20-7-21-69-46-26-42-40(24-44(46)67-3)51(64)59-30-35(27-52(59,53)31-55-42)33-9-13-36(14-10-33)56-47(60)8-5-4-6-19-57-48(61)17-18-49(57)62/h9-18,23-26,28-31,37H,4-8,19-22,27H2,1-3H3,(H,56,60)/t37-,52?/m0/s1. The molecule has 4 aromatic rings. The van der Waals surface area contributed by atoms with E-state index in [4.69, 9.17) is 33.7 Å². The molecule has 0 fully saturated rings. The Hall–Kier alpha value is -7.28. The summed E-state index contributed by atoms with van der Waals surface area (Å²) in [6, 6.07) is 21.8. The Morgan fingerprint density at radius 2 is 1.33 bits per heavy atom. The first kappa shape index (κ1) is 46.8. The Labute approximate surface area is 412 Å². The summed E-state index contributed by atoms with van der Waals surface area (Å²) in [5.74, 6) is 1.32. The van der Waals surface area contributed by atoms with Crippen LogP contribution in [0.15, 0.2) is 107 Å². The molecule has 0 bridgehead atoms. The van der Waals surface area contributed by atoms with Gasteiger partial charge in [0, 0.05) is 87.0 Å². The van der Waals surface area contributed by atoms with Gasteiger partial charge < -0.3 is 33.9 Å². The molecule has 9 rings (SSSR count). The van der Waals surface area contributed by atoms with E-state index >= 15 is 0 Å². The predicted octanol–water partition coefficient (Wildman–Crippen LogP) is 8.69. The number of carbonyl (C=O) groups is 5. The molecule has 0 spiro atoms. The Bertz CT molecular complexity index is 2860. The number of hydrogen-bond acceptors (Lipinski definition) is 12. The van der Waals surface area contributed by atoms with Crippen molar-refractivity contribution >= 4 is 92.8 Å². The van der Waals surface area contributed by atoms with Crippen LogP contribution in [0.1, 0.15) is 76.8 Å². The number of methoxy groups -OCH3 is 3. The molecule has 17 heteroatoms. The molecule has 354 valence electrons. The van der Waals surface area contributed by atoms with E-state index in [0.717, 1.165) is 28.0 Å². The van der Waals surface area contributed by atoms with Crippen LogP contribution in [-0.2, 0) is 14.4 Å². The monoisotopic (exact) mass is 1040 g/mol. The number of carbonyl (C=O) groups excluding carboxylic acids is 5. The van der Waals surface area contributed by atoms with Gasteiger partial charge in [-0.2, -0.15) is 0 Å². The molecule has 1 N–H and O–H groups in total. The maximum atomic E-state index is 14.2. The average Bonchev–Trinajstić information content (AvgIpc) is 4.01. The van der Waals surface area contributed by atoms with Crippen molar-refractivity contribution in [2.75, 3.05) is 46.4 Å². The molecule has 0 saturated heterocycles. The molecule has 69 heavy (non-hydrogen) atoms. The van der Waals surface area contributed by atoms with Crippen molar-refractivity contribution in [3.63, 3.8) is 0 Å². The number of hydrogen-bond donors (Lipinski definition) is 1. The summed E-state index contributed by atoms with van der Waals surface area (Å²) in [5, 5.41) is 2.93. The number of halogens is 1. The highest BCUT2D eigenvalue weighted by molar-refractivity contribution is 14.1. The SMILES string of the molecule is COc1ccc(C2=CN3C(=O)c4cc(OC)c(OCCCOc5cc6c(cc5OC)C(=O)N5C=C(c7ccc(NC(=O)CCCCCN8C(=O)C=CC8=O)cc7)CC5(I)C=N6)cc4N=C[C@@H]3C2)cc1. The number of fused-ring (bicyclic) bond motifs is 4. The van der Waals surface area contributed by atoms with Gasteiger partial charge in [-0.3, -0.25) is 43.8 Å². The van der Waals surface area contributed by atoms with Crippen molar-refractivity contribution in [1.29, 1.82) is 0 Å². The highest BCUT2D eigenvalue weighted by Gasteiger charge is 2.44. The molecule has 16 nitrogen and oxygen atoms in total. The van der Waals surface area contributed by atoms with E-state index in [-0.39, 0.29) is 48.8 Å². The number of nitrogens with one attached hydrogen (secondary N) is 1. The summed E-state index contributed by atoms with van der Waals surface area (Å²) < 4.78 is 28.2. The van der Waals surface area contributed by atoms with Crippen molar-refractivity contribution in [3.05, 3.63) is 120 Å². The van der Waals surface area contributed by atoms with Gasteiger partial charge in [-0.25, -0.2) is 0 Å². The minimum absolute atomic E-state index is 0.121. The number of nitrogens with zero attached hydrogens (tertiary/aromatic N) is 5. The van der Waals surface area contributed by atoms with Gasteiger partial charge in [-0.05, 0) is 94.1 Å². The first-order valence-corrected chi connectivity index (χ1v) is 23.7. The van der Waals surface area contributed by atoms with Crippen LogP contribution in [0.5, 0.6) is 28.7 Å². The molecule has 5 heterocycles. The number of unbranched alkanes of at least 4 members (excludes halogenated alkanes) is 2. The quantitative estimate of drug-likeness (QED) is 0.0333. The second-order valence-electron chi connectivity index (χ2n) is 16.9. The van der Waals surface area contributed by atoms with E-state index < -0.39 is 3.55 Å². The van der Waals surface area contributed by atoms with Gasteiger partial charge in [0.1, 0.15) is 9.30 Å². The summed E-state index contributed by atoms with van der Waals surface area (Å²) in [6.07, 6.45) is 13.8. The molecular formula is C52H49IN6O10. The molecule has 0 radical (unpaired) electrons. The van der Waals surface area contributed by atoms with E-state index in [2.05, 4.69) is 27.9 Å². The maximum absolute atomic E-state index is 14.2. The Kier molecular flexibility index (Phi) is 13.7. The van der Waals surface area contributed by atoms with Crippen molar-refractivity contribution in [1.82, 2.24) is 14.7 Å². The lowest BCUT2D eigenvalue weighted by molar-refractivity contribution is -0.136. The average molecular weight is 1040 g/mol. The number of rotatable bonds is 18. The zero-order valence-corrected chi connectivity index (χ0v) is 40.4. The van der Waals surface area contributed by atoms with Gasteiger partial charge in [0.25, 0.3) is 23.6 Å². The first-order chi connectivity index (χ1) is 33.4. The Balaban J connectivity index is 0.779. The Morgan fingerprint density at radius 1 is 0.710 bits per heavy atom. The van der Waals surface area contributed by atoms with E-state index in [1.165, 1.54) is 31.3 Å². The summed E-state index contributed by atoms with van der Waals surface area (Å²) in [6.45, 7) is 0.878. The van der Waals surface area contributed by atoms with Gasteiger partial charge in [0.15, 0.2) is 23.0 Å². The molecule has 5 aliphatic rings. The minimum atomic E-state index is -0.766. The smallest absolute Gasteiger partial charge is 0.261 e. The van der Waals surface area contributed by atoms with Crippen molar-refractivity contribution in [2.24, 2.45) is 9.98 Å². The summed E-state index contributed by atoms with van der Waals surface area (Å²) in [4.78, 5) is 78.2. The van der Waals surface area contributed by atoms with Crippen LogP contribution in [-0.4, -0.2) is 107 Å². The lowest BCUT2D eigenvalue weighted by Crippen LogP contribution is -2.41. The fourth-order valence-corrected chi connectivity index (χ4v) is 9.65. The zero-order valence-electron chi connectivity index (χ0n) is 38.2. The van der Waals surface area contributed by atoms with Crippen LogP contribution in [0.2, 0.25) is 0 Å². The number of alkyl halides is 1.